The van der Waals surface area contributed by atoms with Gasteiger partial charge in [0.1, 0.15) is 5.82 Å². The van der Waals surface area contributed by atoms with E-state index in [1.807, 2.05) is 20.9 Å². The molecule has 0 atom stereocenters. The fraction of sp³-hybridized carbons (Fsp3) is 0.278. The highest BCUT2D eigenvalue weighted by Gasteiger charge is 2.10. The van der Waals surface area contributed by atoms with E-state index in [-0.39, 0.29) is 5.69 Å². The van der Waals surface area contributed by atoms with Gasteiger partial charge in [-0.3, -0.25) is 9.48 Å². The minimum absolute atomic E-state index is 0.0452. The summed E-state index contributed by atoms with van der Waals surface area (Å²) in [7, 11) is 1.81. The predicted molar refractivity (Wildman–Crippen MR) is 92.4 cm³/mol. The van der Waals surface area contributed by atoms with Crippen LogP contribution in [-0.4, -0.2) is 28.3 Å². The topological polar surface area (TPSA) is 73.2 Å². The standard InChI is InChI=1S/C18H20FN3O3/c1-11-5-7-16(15(19)9-11)20-17(23)10-25-18(24)8-6-14-12(2)21-22(4)13(14)3/h5-9H,10H2,1-4H3,(H,20,23)/b8-6+. The second-order valence-corrected chi connectivity index (χ2v) is 5.68. The van der Waals surface area contributed by atoms with Crippen molar-refractivity contribution in [3.05, 3.63) is 52.6 Å². The monoisotopic (exact) mass is 345 g/mol. The van der Waals surface area contributed by atoms with Crippen molar-refractivity contribution in [2.45, 2.75) is 20.8 Å². The fourth-order valence-corrected chi connectivity index (χ4v) is 2.28. The van der Waals surface area contributed by atoms with Gasteiger partial charge in [0.2, 0.25) is 0 Å². The van der Waals surface area contributed by atoms with Gasteiger partial charge in [-0.2, -0.15) is 5.10 Å². The Morgan fingerprint density at radius 2 is 2.04 bits per heavy atom. The van der Waals surface area contributed by atoms with Gasteiger partial charge in [-0.15, -0.1) is 0 Å². The highest BCUT2D eigenvalue weighted by molar-refractivity contribution is 5.94. The Hall–Kier alpha value is -2.96. The highest BCUT2D eigenvalue weighted by Crippen LogP contribution is 2.15. The van der Waals surface area contributed by atoms with Crippen molar-refractivity contribution in [1.29, 1.82) is 0 Å². The van der Waals surface area contributed by atoms with E-state index in [2.05, 4.69) is 10.4 Å². The Bertz CT molecular complexity index is 840. The van der Waals surface area contributed by atoms with Crippen LogP contribution < -0.4 is 5.32 Å². The summed E-state index contributed by atoms with van der Waals surface area (Å²) in [5.74, 6) is -1.82. The molecule has 0 saturated heterocycles. The summed E-state index contributed by atoms with van der Waals surface area (Å²) in [6.07, 6.45) is 2.83. The van der Waals surface area contributed by atoms with Crippen LogP contribution in [0.1, 0.15) is 22.5 Å². The van der Waals surface area contributed by atoms with Gasteiger partial charge in [0, 0.05) is 24.4 Å². The van der Waals surface area contributed by atoms with Crippen LogP contribution in [0.4, 0.5) is 10.1 Å². The van der Waals surface area contributed by atoms with Crippen molar-refractivity contribution in [3.8, 4) is 0 Å². The summed E-state index contributed by atoms with van der Waals surface area (Å²) in [5, 5.41) is 6.60. The minimum Gasteiger partial charge on any atom is -0.452 e. The summed E-state index contributed by atoms with van der Waals surface area (Å²) >= 11 is 0. The number of rotatable bonds is 5. The lowest BCUT2D eigenvalue weighted by molar-refractivity contribution is -0.142. The molecule has 2 rings (SSSR count). The molecular weight excluding hydrogens is 325 g/mol. The average Bonchev–Trinajstić information content (AvgIpc) is 2.79. The lowest BCUT2D eigenvalue weighted by Crippen LogP contribution is -2.20. The molecule has 0 aliphatic rings. The number of benzene rings is 1. The Balaban J connectivity index is 1.89. The number of aryl methyl sites for hydroxylation is 3. The lowest BCUT2D eigenvalue weighted by Gasteiger charge is -2.07. The third-order valence-electron chi connectivity index (χ3n) is 3.70. The summed E-state index contributed by atoms with van der Waals surface area (Å²) in [6.45, 7) is 4.96. The van der Waals surface area contributed by atoms with E-state index >= 15 is 0 Å². The van der Waals surface area contributed by atoms with Crippen LogP contribution in [0.15, 0.2) is 24.3 Å². The largest absolute Gasteiger partial charge is 0.452 e. The van der Waals surface area contributed by atoms with Gasteiger partial charge in [-0.25, -0.2) is 9.18 Å². The molecule has 0 unspecified atom stereocenters. The van der Waals surface area contributed by atoms with Gasteiger partial charge >= 0.3 is 5.97 Å². The molecule has 7 heteroatoms. The lowest BCUT2D eigenvalue weighted by atomic mass is 10.2. The van der Waals surface area contributed by atoms with E-state index in [4.69, 9.17) is 4.74 Å². The first-order valence-corrected chi connectivity index (χ1v) is 7.69. The molecule has 0 aliphatic heterocycles. The molecule has 1 amide bonds. The molecule has 0 aliphatic carbocycles. The van der Waals surface area contributed by atoms with E-state index in [1.165, 1.54) is 18.2 Å². The van der Waals surface area contributed by atoms with Gasteiger partial charge in [-0.1, -0.05) is 6.07 Å². The molecule has 132 valence electrons. The SMILES string of the molecule is Cc1ccc(NC(=O)COC(=O)/C=C/c2c(C)nn(C)c2C)c(F)c1. The maximum absolute atomic E-state index is 13.7. The van der Waals surface area contributed by atoms with Crippen LogP contribution in [0.3, 0.4) is 0 Å². The number of nitrogens with one attached hydrogen (secondary N) is 1. The van der Waals surface area contributed by atoms with Crippen LogP contribution in [0.5, 0.6) is 0 Å². The van der Waals surface area contributed by atoms with Gasteiger partial charge in [0.25, 0.3) is 5.91 Å². The third kappa shape index (κ3) is 4.76. The van der Waals surface area contributed by atoms with Crippen molar-refractivity contribution in [2.24, 2.45) is 7.05 Å². The molecule has 0 radical (unpaired) electrons. The first-order chi connectivity index (χ1) is 11.8. The molecule has 0 spiro atoms. The van der Waals surface area contributed by atoms with Crippen LogP contribution in [0, 0.1) is 26.6 Å². The number of ether oxygens (including phenoxy) is 1. The number of amides is 1. The normalized spacial score (nSPS) is 10.9. The fourth-order valence-electron chi connectivity index (χ4n) is 2.28. The summed E-state index contributed by atoms with van der Waals surface area (Å²) in [6, 6.07) is 4.44. The van der Waals surface area contributed by atoms with Crippen LogP contribution in [-0.2, 0) is 21.4 Å². The molecule has 0 bridgehead atoms. The van der Waals surface area contributed by atoms with Gasteiger partial charge < -0.3 is 10.1 Å². The average molecular weight is 345 g/mol. The zero-order chi connectivity index (χ0) is 18.6. The van der Waals surface area contributed by atoms with Crippen LogP contribution in [0.2, 0.25) is 0 Å². The zero-order valence-electron chi connectivity index (χ0n) is 14.6. The van der Waals surface area contributed by atoms with Crippen molar-refractivity contribution in [3.63, 3.8) is 0 Å². The molecule has 1 N–H and O–H groups in total. The quantitative estimate of drug-likeness (QED) is 0.668. The van der Waals surface area contributed by atoms with E-state index in [0.717, 1.165) is 22.5 Å². The van der Waals surface area contributed by atoms with Crippen molar-refractivity contribution >= 4 is 23.6 Å². The second kappa shape index (κ2) is 7.74. The van der Waals surface area contributed by atoms with E-state index < -0.39 is 24.3 Å². The maximum atomic E-state index is 13.7. The number of nitrogens with zero attached hydrogens (tertiary/aromatic N) is 2. The number of esters is 1. The highest BCUT2D eigenvalue weighted by atomic mass is 19.1. The van der Waals surface area contributed by atoms with E-state index in [9.17, 15) is 14.0 Å². The third-order valence-corrected chi connectivity index (χ3v) is 3.70. The molecule has 25 heavy (non-hydrogen) atoms. The minimum atomic E-state index is -0.665. The summed E-state index contributed by atoms with van der Waals surface area (Å²) in [5.41, 5.74) is 3.31. The second-order valence-electron chi connectivity index (χ2n) is 5.68. The zero-order valence-corrected chi connectivity index (χ0v) is 14.6. The predicted octanol–water partition coefficient (Wildman–Crippen LogP) is 2.68. The molecule has 6 nitrogen and oxygen atoms in total. The van der Waals surface area contributed by atoms with E-state index in [0.29, 0.717) is 0 Å². The van der Waals surface area contributed by atoms with Gasteiger partial charge in [-0.05, 0) is 44.5 Å². The Morgan fingerprint density at radius 3 is 2.64 bits per heavy atom. The molecule has 1 aromatic heterocycles. The van der Waals surface area contributed by atoms with Crippen LogP contribution >= 0.6 is 0 Å². The number of anilines is 1. The molecular formula is C18H20FN3O3. The number of hydrogen-bond donors (Lipinski definition) is 1. The first-order valence-electron chi connectivity index (χ1n) is 7.69. The number of hydrogen-bond acceptors (Lipinski definition) is 4. The Labute approximate surface area is 145 Å². The van der Waals surface area contributed by atoms with Crippen molar-refractivity contribution in [1.82, 2.24) is 9.78 Å². The van der Waals surface area contributed by atoms with Crippen LogP contribution in [0.25, 0.3) is 6.08 Å². The number of halogens is 1. The molecule has 0 fully saturated rings. The van der Waals surface area contributed by atoms with Crippen molar-refractivity contribution in [2.75, 3.05) is 11.9 Å². The molecule has 1 heterocycles. The molecule has 1 aromatic carbocycles. The van der Waals surface area contributed by atoms with E-state index in [1.54, 1.807) is 23.7 Å². The summed E-state index contributed by atoms with van der Waals surface area (Å²) in [4.78, 5) is 23.5. The molecule has 2 aromatic rings. The van der Waals surface area contributed by atoms with Crippen molar-refractivity contribution < 1.29 is 18.7 Å². The number of carbonyl (C=O) groups excluding carboxylic acids is 2. The Kier molecular flexibility index (Phi) is 5.69. The number of carbonyl (C=O) groups is 2. The summed E-state index contributed by atoms with van der Waals surface area (Å²) < 4.78 is 20.2. The number of aromatic nitrogens is 2. The molecule has 0 saturated carbocycles. The van der Waals surface area contributed by atoms with Gasteiger partial charge in [0.05, 0.1) is 11.4 Å². The first kappa shape index (κ1) is 18.4. The van der Waals surface area contributed by atoms with Gasteiger partial charge in [0.15, 0.2) is 6.61 Å². The maximum Gasteiger partial charge on any atom is 0.331 e. The Morgan fingerprint density at radius 1 is 1.32 bits per heavy atom. The smallest absolute Gasteiger partial charge is 0.331 e.